The van der Waals surface area contributed by atoms with Gasteiger partial charge in [-0.3, -0.25) is 13.8 Å². The first-order valence-corrected chi connectivity index (χ1v) is 23.4. The van der Waals surface area contributed by atoms with E-state index in [9.17, 15) is 14.3 Å². The van der Waals surface area contributed by atoms with Crippen LogP contribution in [0.3, 0.4) is 0 Å². The molecule has 0 amide bonds. The predicted molar refractivity (Wildman–Crippen MR) is 233 cm³/mol. The van der Waals surface area contributed by atoms with Gasteiger partial charge in [-0.15, -0.1) is 0 Å². The number of quaternary nitrogens is 1. The second-order valence-corrected chi connectivity index (χ2v) is 17.2. The van der Waals surface area contributed by atoms with Crippen LogP contribution in [0.4, 0.5) is 0 Å². The first-order chi connectivity index (χ1) is 27.1. The standard InChI is InChI=1S/C46H80NO8P/c1-6-8-10-12-14-16-18-20-21-22-23-25-27-29-31-33-39-51-41-43(42-53-56(49,50)52-40-38-47(3,4)5)54-46(48)37-34-36-45-44(55-45)35-32-30-28-26-24-19-17-15-13-11-9-7-2/h9,11,15,17,20-21,24,26,28,30,32,35,43-45H,6-8,10,12-14,16,18-19,22-23,25,27,29,31,33-34,36-42H2,1-5H3/p+1/b11-9-,17-15-,21-20-,26-24-,30-28+,35-32+. The van der Waals surface area contributed by atoms with Gasteiger partial charge < -0.3 is 23.6 Å². The minimum absolute atomic E-state index is 0.0609. The maximum Gasteiger partial charge on any atom is 0.472 e. The van der Waals surface area contributed by atoms with Crippen molar-refractivity contribution in [1.82, 2.24) is 0 Å². The summed E-state index contributed by atoms with van der Waals surface area (Å²) in [4.78, 5) is 23.0. The lowest BCUT2D eigenvalue weighted by Gasteiger charge is -2.24. The number of likely N-dealkylation sites (N-methyl/N-ethyl adjacent to an activating group) is 1. The quantitative estimate of drug-likeness (QED) is 0.0125. The zero-order chi connectivity index (χ0) is 41.0. The molecule has 0 aromatic carbocycles. The highest BCUT2D eigenvalue weighted by atomic mass is 31.2. The molecular formula is C46H81NO8P+. The van der Waals surface area contributed by atoms with Crippen molar-refractivity contribution in [3.05, 3.63) is 72.9 Å². The van der Waals surface area contributed by atoms with Gasteiger partial charge in [0.1, 0.15) is 25.4 Å². The molecule has 10 heteroatoms. The van der Waals surface area contributed by atoms with Crippen LogP contribution in [-0.4, -0.2) is 87.8 Å². The molecule has 0 bridgehead atoms. The number of nitrogens with zero attached hydrogens (tertiary/aromatic N) is 1. The summed E-state index contributed by atoms with van der Waals surface area (Å²) in [5.41, 5.74) is 0. The summed E-state index contributed by atoms with van der Waals surface area (Å²) in [7, 11) is 1.59. The molecule has 9 nitrogen and oxygen atoms in total. The predicted octanol–water partition coefficient (Wildman–Crippen LogP) is 11.7. The van der Waals surface area contributed by atoms with Crippen molar-refractivity contribution in [2.75, 3.05) is 54.1 Å². The average Bonchev–Trinajstić information content (AvgIpc) is 3.90. The molecule has 0 saturated carbocycles. The van der Waals surface area contributed by atoms with Crippen LogP contribution in [-0.2, 0) is 32.6 Å². The van der Waals surface area contributed by atoms with Gasteiger partial charge >= 0.3 is 13.8 Å². The zero-order valence-corrected chi connectivity index (χ0v) is 36.9. The molecule has 0 aromatic heterocycles. The van der Waals surface area contributed by atoms with Gasteiger partial charge in [-0.1, -0.05) is 145 Å². The molecule has 1 aliphatic heterocycles. The average molecular weight is 807 g/mol. The van der Waals surface area contributed by atoms with Gasteiger partial charge in [-0.05, 0) is 64.2 Å². The van der Waals surface area contributed by atoms with Crippen molar-refractivity contribution < 1.29 is 42.0 Å². The maximum absolute atomic E-state index is 12.8. The second kappa shape index (κ2) is 34.9. The van der Waals surface area contributed by atoms with Gasteiger partial charge in [0.2, 0.25) is 0 Å². The van der Waals surface area contributed by atoms with E-state index >= 15 is 0 Å². The number of allylic oxidation sites excluding steroid dienone is 11. The molecule has 0 spiro atoms. The fraction of sp³-hybridized carbons (Fsp3) is 0.717. The summed E-state index contributed by atoms with van der Waals surface area (Å²) in [6.07, 6.45) is 46.8. The molecule has 1 rings (SSSR count). The van der Waals surface area contributed by atoms with E-state index in [-0.39, 0.29) is 38.4 Å². The summed E-state index contributed by atoms with van der Waals surface area (Å²) >= 11 is 0. The highest BCUT2D eigenvalue weighted by Gasteiger charge is 2.35. The van der Waals surface area contributed by atoms with E-state index in [4.69, 9.17) is 23.3 Å². The Bertz CT molecular complexity index is 1190. The number of epoxide rings is 1. The molecule has 0 radical (unpaired) electrons. The molecule has 1 heterocycles. The second-order valence-electron chi connectivity index (χ2n) is 15.8. The Morgan fingerprint density at radius 3 is 2.02 bits per heavy atom. The number of hydrogen-bond acceptors (Lipinski definition) is 7. The van der Waals surface area contributed by atoms with Gasteiger partial charge in [0, 0.05) is 13.0 Å². The van der Waals surface area contributed by atoms with Crippen molar-refractivity contribution in [2.24, 2.45) is 0 Å². The smallest absolute Gasteiger partial charge is 0.457 e. The monoisotopic (exact) mass is 807 g/mol. The van der Waals surface area contributed by atoms with E-state index in [2.05, 4.69) is 56.4 Å². The normalized spacial score (nSPS) is 18.1. The molecule has 0 aliphatic carbocycles. The van der Waals surface area contributed by atoms with E-state index in [1.54, 1.807) is 0 Å². The van der Waals surface area contributed by atoms with E-state index in [0.717, 1.165) is 44.9 Å². The Labute approximate surface area is 342 Å². The minimum atomic E-state index is -4.31. The molecular weight excluding hydrogens is 725 g/mol. The van der Waals surface area contributed by atoms with E-state index in [1.165, 1.54) is 70.6 Å². The van der Waals surface area contributed by atoms with Crippen molar-refractivity contribution in [2.45, 2.75) is 161 Å². The molecule has 1 N–H and O–H groups in total. The number of carbonyl (C=O) groups is 1. The number of phosphoric acid groups is 1. The van der Waals surface area contributed by atoms with Crippen LogP contribution in [0, 0.1) is 0 Å². The molecule has 0 aromatic rings. The number of ether oxygens (including phenoxy) is 3. The first kappa shape index (κ1) is 51.9. The Hall–Kier alpha value is -2.10. The third kappa shape index (κ3) is 35.1. The third-order valence-electron chi connectivity index (χ3n) is 9.22. The SMILES string of the molecule is CC/C=C\C/C=C\C\C=C/C=C/C=C/C1OC1CCCC(=O)OC(COCCCCCCCC/C=C\CCCCCCCC)COP(=O)(O)OCC[N+](C)(C)C. The Kier molecular flexibility index (Phi) is 32.4. The van der Waals surface area contributed by atoms with Crippen molar-refractivity contribution in [3.8, 4) is 0 Å². The number of carbonyl (C=O) groups excluding carboxylic acids is 1. The van der Waals surface area contributed by atoms with Crippen molar-refractivity contribution >= 4 is 13.8 Å². The van der Waals surface area contributed by atoms with Gasteiger partial charge in [-0.25, -0.2) is 4.57 Å². The topological polar surface area (TPSA) is 104 Å². The summed E-state index contributed by atoms with van der Waals surface area (Å²) in [6, 6.07) is 0. The van der Waals surface area contributed by atoms with Crippen LogP contribution < -0.4 is 0 Å². The minimum Gasteiger partial charge on any atom is -0.457 e. The van der Waals surface area contributed by atoms with Gasteiger partial charge in [0.05, 0.1) is 40.5 Å². The van der Waals surface area contributed by atoms with Crippen LogP contribution in [0.2, 0.25) is 0 Å². The Morgan fingerprint density at radius 1 is 0.714 bits per heavy atom. The number of unbranched alkanes of at least 4 members (excludes halogenated alkanes) is 12. The summed E-state index contributed by atoms with van der Waals surface area (Å²) in [5, 5.41) is 0. The lowest BCUT2D eigenvalue weighted by Crippen LogP contribution is -2.37. The van der Waals surface area contributed by atoms with Gasteiger partial charge in [0.15, 0.2) is 0 Å². The number of hydrogen-bond donors (Lipinski definition) is 1. The van der Waals surface area contributed by atoms with Gasteiger partial charge in [-0.2, -0.15) is 0 Å². The lowest BCUT2D eigenvalue weighted by molar-refractivity contribution is -0.870. The highest BCUT2D eigenvalue weighted by Crippen LogP contribution is 2.43. The van der Waals surface area contributed by atoms with Crippen LogP contribution >= 0.6 is 7.82 Å². The van der Waals surface area contributed by atoms with Crippen molar-refractivity contribution in [3.63, 3.8) is 0 Å². The largest absolute Gasteiger partial charge is 0.472 e. The fourth-order valence-electron chi connectivity index (χ4n) is 5.75. The summed E-state index contributed by atoms with van der Waals surface area (Å²) < 4.78 is 40.7. The van der Waals surface area contributed by atoms with Crippen LogP contribution in [0.25, 0.3) is 0 Å². The fourth-order valence-corrected chi connectivity index (χ4v) is 6.49. The molecule has 1 aliphatic rings. The summed E-state index contributed by atoms with van der Waals surface area (Å²) in [5.74, 6) is -0.395. The molecule has 1 saturated heterocycles. The van der Waals surface area contributed by atoms with Crippen LogP contribution in [0.1, 0.15) is 142 Å². The molecule has 1 fully saturated rings. The van der Waals surface area contributed by atoms with E-state index in [1.807, 2.05) is 51.5 Å². The number of esters is 1. The lowest BCUT2D eigenvalue weighted by atomic mass is 10.1. The first-order valence-electron chi connectivity index (χ1n) is 21.9. The number of phosphoric ester groups is 1. The van der Waals surface area contributed by atoms with E-state index < -0.39 is 19.9 Å². The van der Waals surface area contributed by atoms with Crippen LogP contribution in [0.15, 0.2) is 72.9 Å². The van der Waals surface area contributed by atoms with Crippen LogP contribution in [0.5, 0.6) is 0 Å². The highest BCUT2D eigenvalue weighted by molar-refractivity contribution is 7.47. The maximum atomic E-state index is 12.8. The third-order valence-corrected chi connectivity index (χ3v) is 10.2. The summed E-state index contributed by atoms with van der Waals surface area (Å²) in [6.45, 7) is 5.33. The van der Waals surface area contributed by atoms with E-state index in [0.29, 0.717) is 24.1 Å². The van der Waals surface area contributed by atoms with Crippen molar-refractivity contribution in [1.29, 1.82) is 0 Å². The molecule has 4 unspecified atom stereocenters. The molecule has 56 heavy (non-hydrogen) atoms. The Balaban J connectivity index is 2.32. The zero-order valence-electron chi connectivity index (χ0n) is 36.0. The molecule has 4 atom stereocenters. The Morgan fingerprint density at radius 2 is 1.34 bits per heavy atom. The van der Waals surface area contributed by atoms with Gasteiger partial charge in [0.25, 0.3) is 0 Å². The molecule has 322 valence electrons. The number of rotatable bonds is 38.